The SMILES string of the molecule is Clc1cccc2c1CC1CNCCCN21. The second-order valence-electron chi connectivity index (χ2n) is 4.35. The van der Waals surface area contributed by atoms with Gasteiger partial charge >= 0.3 is 0 Å². The van der Waals surface area contributed by atoms with Crippen molar-refractivity contribution >= 4 is 17.3 Å². The highest BCUT2D eigenvalue weighted by Gasteiger charge is 2.30. The molecule has 15 heavy (non-hydrogen) atoms. The van der Waals surface area contributed by atoms with Crippen molar-refractivity contribution in [3.8, 4) is 0 Å². The van der Waals surface area contributed by atoms with Crippen LogP contribution in [0.2, 0.25) is 5.02 Å². The van der Waals surface area contributed by atoms with E-state index in [1.54, 1.807) is 0 Å². The lowest BCUT2D eigenvalue weighted by Gasteiger charge is -2.24. The Hall–Kier alpha value is -0.730. The van der Waals surface area contributed by atoms with Crippen molar-refractivity contribution in [2.45, 2.75) is 18.9 Å². The Balaban J connectivity index is 2.00. The molecular formula is C12H15ClN2. The third kappa shape index (κ3) is 1.52. The van der Waals surface area contributed by atoms with Gasteiger partial charge in [-0.3, -0.25) is 0 Å². The molecule has 80 valence electrons. The number of anilines is 1. The predicted molar refractivity (Wildman–Crippen MR) is 63.8 cm³/mol. The Kier molecular flexibility index (Phi) is 2.33. The van der Waals surface area contributed by atoms with E-state index in [0.717, 1.165) is 31.1 Å². The first-order valence-corrected chi connectivity index (χ1v) is 5.99. The van der Waals surface area contributed by atoms with Crippen molar-refractivity contribution < 1.29 is 0 Å². The fourth-order valence-corrected chi connectivity index (χ4v) is 2.94. The zero-order chi connectivity index (χ0) is 10.3. The van der Waals surface area contributed by atoms with Crippen LogP contribution >= 0.6 is 11.6 Å². The van der Waals surface area contributed by atoms with Gasteiger partial charge in [0.15, 0.2) is 0 Å². The van der Waals surface area contributed by atoms with Crippen LogP contribution in [0.3, 0.4) is 0 Å². The fraction of sp³-hybridized carbons (Fsp3) is 0.500. The maximum Gasteiger partial charge on any atom is 0.0459 e. The van der Waals surface area contributed by atoms with Crippen LogP contribution in [-0.2, 0) is 6.42 Å². The summed E-state index contributed by atoms with van der Waals surface area (Å²) in [5.41, 5.74) is 2.70. The molecule has 3 rings (SSSR count). The molecule has 1 fully saturated rings. The highest BCUT2D eigenvalue weighted by atomic mass is 35.5. The van der Waals surface area contributed by atoms with E-state index in [1.807, 2.05) is 6.07 Å². The molecule has 0 bridgehead atoms. The van der Waals surface area contributed by atoms with E-state index in [2.05, 4.69) is 22.3 Å². The summed E-state index contributed by atoms with van der Waals surface area (Å²) in [6, 6.07) is 6.87. The average Bonchev–Trinajstić information content (AvgIpc) is 2.45. The van der Waals surface area contributed by atoms with Crippen molar-refractivity contribution in [3.63, 3.8) is 0 Å². The van der Waals surface area contributed by atoms with E-state index in [-0.39, 0.29) is 0 Å². The molecule has 2 heterocycles. The number of nitrogens with one attached hydrogen (secondary N) is 1. The molecule has 2 nitrogen and oxygen atoms in total. The van der Waals surface area contributed by atoms with Gasteiger partial charge in [0.1, 0.15) is 0 Å². The first kappa shape index (κ1) is 9.49. The van der Waals surface area contributed by atoms with Gasteiger partial charge < -0.3 is 10.2 Å². The zero-order valence-electron chi connectivity index (χ0n) is 8.67. The van der Waals surface area contributed by atoms with Gasteiger partial charge in [-0.15, -0.1) is 0 Å². The molecule has 2 aliphatic heterocycles. The van der Waals surface area contributed by atoms with Gasteiger partial charge in [0.25, 0.3) is 0 Å². The quantitative estimate of drug-likeness (QED) is 0.723. The van der Waals surface area contributed by atoms with E-state index in [9.17, 15) is 0 Å². The van der Waals surface area contributed by atoms with E-state index < -0.39 is 0 Å². The molecule has 3 heteroatoms. The summed E-state index contributed by atoms with van der Waals surface area (Å²) in [4.78, 5) is 2.52. The lowest BCUT2D eigenvalue weighted by atomic mass is 10.1. The molecule has 2 aliphatic rings. The summed E-state index contributed by atoms with van der Waals surface area (Å²) in [6.45, 7) is 3.39. The normalized spacial score (nSPS) is 24.6. The van der Waals surface area contributed by atoms with Gasteiger partial charge in [-0.2, -0.15) is 0 Å². The Labute approximate surface area is 95.2 Å². The molecular weight excluding hydrogens is 208 g/mol. The minimum Gasteiger partial charge on any atom is -0.367 e. The van der Waals surface area contributed by atoms with Crippen LogP contribution < -0.4 is 10.2 Å². The zero-order valence-corrected chi connectivity index (χ0v) is 9.43. The molecule has 1 aromatic rings. The van der Waals surface area contributed by atoms with E-state index in [0.29, 0.717) is 6.04 Å². The van der Waals surface area contributed by atoms with Crippen LogP contribution in [0.15, 0.2) is 18.2 Å². The molecule has 0 saturated carbocycles. The molecule has 1 saturated heterocycles. The predicted octanol–water partition coefficient (Wildman–Crippen LogP) is 2.06. The largest absolute Gasteiger partial charge is 0.367 e. The second-order valence-corrected chi connectivity index (χ2v) is 4.75. The Morgan fingerprint density at radius 1 is 1.40 bits per heavy atom. The van der Waals surface area contributed by atoms with Gasteiger partial charge in [0.05, 0.1) is 0 Å². The summed E-state index contributed by atoms with van der Waals surface area (Å²) in [5, 5.41) is 4.42. The van der Waals surface area contributed by atoms with Gasteiger partial charge in [-0.25, -0.2) is 0 Å². The minimum absolute atomic E-state index is 0.613. The maximum atomic E-state index is 6.23. The third-order valence-electron chi connectivity index (χ3n) is 3.42. The number of benzene rings is 1. The van der Waals surface area contributed by atoms with Crippen molar-refractivity contribution in [2.75, 3.05) is 24.5 Å². The highest BCUT2D eigenvalue weighted by Crippen LogP contribution is 2.36. The number of rotatable bonds is 0. The number of hydrogen-bond donors (Lipinski definition) is 1. The number of halogens is 1. The Morgan fingerprint density at radius 3 is 3.27 bits per heavy atom. The second kappa shape index (κ2) is 3.69. The third-order valence-corrected chi connectivity index (χ3v) is 3.77. The van der Waals surface area contributed by atoms with E-state index in [4.69, 9.17) is 11.6 Å². The van der Waals surface area contributed by atoms with Crippen LogP contribution in [-0.4, -0.2) is 25.7 Å². The minimum atomic E-state index is 0.613. The molecule has 0 aromatic heterocycles. The fourth-order valence-electron chi connectivity index (χ4n) is 2.69. The molecule has 0 aliphatic carbocycles. The van der Waals surface area contributed by atoms with Crippen molar-refractivity contribution in [1.29, 1.82) is 0 Å². The van der Waals surface area contributed by atoms with Crippen LogP contribution in [0.4, 0.5) is 5.69 Å². The van der Waals surface area contributed by atoms with Gasteiger partial charge in [-0.05, 0) is 37.1 Å². The van der Waals surface area contributed by atoms with Crippen LogP contribution in [0.25, 0.3) is 0 Å². The lowest BCUT2D eigenvalue weighted by Crippen LogP contribution is -2.36. The molecule has 0 spiro atoms. The molecule has 1 unspecified atom stereocenters. The van der Waals surface area contributed by atoms with Gasteiger partial charge in [-0.1, -0.05) is 17.7 Å². The van der Waals surface area contributed by atoms with Gasteiger partial charge in [0, 0.05) is 29.8 Å². The number of nitrogens with zero attached hydrogens (tertiary/aromatic N) is 1. The monoisotopic (exact) mass is 222 g/mol. The standard InChI is InChI=1S/C12H15ClN2/c13-11-3-1-4-12-10(11)7-9-8-14-5-2-6-15(9)12/h1,3-4,9,14H,2,5-8H2. The summed E-state index contributed by atoms with van der Waals surface area (Å²) < 4.78 is 0. The first-order chi connectivity index (χ1) is 7.36. The van der Waals surface area contributed by atoms with E-state index in [1.165, 1.54) is 17.7 Å². The average molecular weight is 223 g/mol. The van der Waals surface area contributed by atoms with Crippen LogP contribution in [0.5, 0.6) is 0 Å². The Morgan fingerprint density at radius 2 is 2.33 bits per heavy atom. The van der Waals surface area contributed by atoms with Crippen LogP contribution in [0, 0.1) is 0 Å². The van der Waals surface area contributed by atoms with E-state index >= 15 is 0 Å². The molecule has 1 aromatic carbocycles. The molecule has 1 atom stereocenters. The van der Waals surface area contributed by atoms with Crippen molar-refractivity contribution in [3.05, 3.63) is 28.8 Å². The van der Waals surface area contributed by atoms with Crippen LogP contribution in [0.1, 0.15) is 12.0 Å². The number of hydrogen-bond acceptors (Lipinski definition) is 2. The summed E-state index contributed by atoms with van der Waals surface area (Å²) in [5.74, 6) is 0. The highest BCUT2D eigenvalue weighted by molar-refractivity contribution is 6.31. The summed E-state index contributed by atoms with van der Waals surface area (Å²) in [6.07, 6.45) is 2.32. The topological polar surface area (TPSA) is 15.3 Å². The smallest absolute Gasteiger partial charge is 0.0459 e. The number of fused-ring (bicyclic) bond motifs is 3. The lowest BCUT2D eigenvalue weighted by molar-refractivity contribution is 0.613. The van der Waals surface area contributed by atoms with Crippen molar-refractivity contribution in [2.24, 2.45) is 0 Å². The van der Waals surface area contributed by atoms with Gasteiger partial charge in [0.2, 0.25) is 0 Å². The molecule has 1 N–H and O–H groups in total. The van der Waals surface area contributed by atoms with Crippen molar-refractivity contribution in [1.82, 2.24) is 5.32 Å². The Bertz CT molecular complexity index is 378. The summed E-state index contributed by atoms with van der Waals surface area (Å²) in [7, 11) is 0. The summed E-state index contributed by atoms with van der Waals surface area (Å²) >= 11 is 6.23. The first-order valence-electron chi connectivity index (χ1n) is 5.61. The maximum absolute atomic E-state index is 6.23. The molecule has 0 amide bonds. The molecule has 0 radical (unpaired) electrons.